The Morgan fingerprint density at radius 2 is 2.43 bits per heavy atom. The summed E-state index contributed by atoms with van der Waals surface area (Å²) >= 11 is 2.68. The van der Waals surface area contributed by atoms with Crippen molar-refractivity contribution >= 4 is 35.0 Å². The molecule has 7 heteroatoms. The van der Waals surface area contributed by atoms with Gasteiger partial charge in [-0.3, -0.25) is 9.59 Å². The number of carboxylic acids is 1. The van der Waals surface area contributed by atoms with E-state index in [0.29, 0.717) is 4.88 Å². The van der Waals surface area contributed by atoms with Crippen LogP contribution in [0.4, 0.5) is 0 Å². The first-order valence-electron chi connectivity index (χ1n) is 3.63. The molecule has 1 heterocycles. The number of amides is 1. The van der Waals surface area contributed by atoms with Crippen molar-refractivity contribution in [2.75, 3.05) is 12.8 Å². The summed E-state index contributed by atoms with van der Waals surface area (Å²) in [5.74, 6) is -1.46. The summed E-state index contributed by atoms with van der Waals surface area (Å²) in [5.41, 5.74) is 0. The fourth-order valence-electron chi connectivity index (χ4n) is 0.700. The summed E-state index contributed by atoms with van der Waals surface area (Å²) < 4.78 is 0.783. The molecule has 76 valence electrons. The van der Waals surface area contributed by atoms with Gasteiger partial charge in [-0.15, -0.1) is 11.3 Å². The Hall–Kier alpha value is -1.08. The highest BCUT2D eigenvalue weighted by molar-refractivity contribution is 8.00. The highest BCUT2D eigenvalue weighted by atomic mass is 32.2. The zero-order valence-corrected chi connectivity index (χ0v) is 8.94. The van der Waals surface area contributed by atoms with Crippen LogP contribution < -0.4 is 5.32 Å². The lowest BCUT2D eigenvalue weighted by molar-refractivity contribution is -0.135. The van der Waals surface area contributed by atoms with Crippen molar-refractivity contribution in [2.45, 2.75) is 4.34 Å². The van der Waals surface area contributed by atoms with Gasteiger partial charge in [0.05, 0.1) is 6.20 Å². The van der Waals surface area contributed by atoms with E-state index in [1.54, 1.807) is 0 Å². The van der Waals surface area contributed by atoms with Gasteiger partial charge in [0.2, 0.25) is 0 Å². The Kier molecular flexibility index (Phi) is 3.90. The molecule has 1 rings (SSSR count). The van der Waals surface area contributed by atoms with E-state index < -0.39 is 11.9 Å². The third-order valence-corrected chi connectivity index (χ3v) is 3.28. The van der Waals surface area contributed by atoms with Gasteiger partial charge in [0, 0.05) is 0 Å². The van der Waals surface area contributed by atoms with E-state index in [9.17, 15) is 9.59 Å². The van der Waals surface area contributed by atoms with E-state index in [-0.39, 0.29) is 6.54 Å². The molecule has 2 N–H and O–H groups in total. The van der Waals surface area contributed by atoms with Crippen LogP contribution in [-0.2, 0) is 4.79 Å². The van der Waals surface area contributed by atoms with Gasteiger partial charge in [0.15, 0.2) is 0 Å². The minimum absolute atomic E-state index is 0.370. The molecule has 1 aromatic heterocycles. The monoisotopic (exact) mass is 232 g/mol. The fraction of sp³-hybridized carbons (Fsp3) is 0.286. The minimum Gasteiger partial charge on any atom is -0.480 e. The number of hydrogen-bond acceptors (Lipinski definition) is 5. The van der Waals surface area contributed by atoms with E-state index in [2.05, 4.69) is 10.3 Å². The van der Waals surface area contributed by atoms with E-state index in [1.807, 2.05) is 6.26 Å². The minimum atomic E-state index is -1.06. The van der Waals surface area contributed by atoms with Crippen LogP contribution in [0.2, 0.25) is 0 Å². The molecule has 1 aromatic rings. The Labute approximate surface area is 88.5 Å². The molecule has 0 fully saturated rings. The molecule has 0 aromatic carbocycles. The van der Waals surface area contributed by atoms with Gasteiger partial charge < -0.3 is 10.4 Å². The predicted octanol–water partition coefficient (Wildman–Crippen LogP) is 0.679. The first-order valence-corrected chi connectivity index (χ1v) is 5.67. The van der Waals surface area contributed by atoms with Crippen LogP contribution >= 0.6 is 23.1 Å². The van der Waals surface area contributed by atoms with Crippen LogP contribution in [0.5, 0.6) is 0 Å². The molecule has 0 unspecified atom stereocenters. The van der Waals surface area contributed by atoms with Gasteiger partial charge in [-0.1, -0.05) is 11.8 Å². The number of rotatable bonds is 4. The van der Waals surface area contributed by atoms with Crippen LogP contribution in [0, 0.1) is 0 Å². The lowest BCUT2D eigenvalue weighted by atomic mass is 10.5. The van der Waals surface area contributed by atoms with E-state index >= 15 is 0 Å². The van der Waals surface area contributed by atoms with Gasteiger partial charge in [0.1, 0.15) is 15.8 Å². The number of carboxylic acid groups (broad SMARTS) is 1. The van der Waals surface area contributed by atoms with Crippen molar-refractivity contribution in [1.29, 1.82) is 0 Å². The largest absolute Gasteiger partial charge is 0.480 e. The highest BCUT2D eigenvalue weighted by Gasteiger charge is 2.10. The molecule has 1 amide bonds. The molecule has 0 aliphatic carbocycles. The smallest absolute Gasteiger partial charge is 0.322 e. The molecule has 0 saturated carbocycles. The number of nitrogens with zero attached hydrogens (tertiary/aromatic N) is 1. The topological polar surface area (TPSA) is 79.3 Å². The summed E-state index contributed by atoms with van der Waals surface area (Å²) in [5, 5.41) is 10.6. The van der Waals surface area contributed by atoms with Crippen molar-refractivity contribution in [3.63, 3.8) is 0 Å². The Bertz CT molecular complexity index is 350. The number of nitrogens with one attached hydrogen (secondary N) is 1. The molecular formula is C7H8N2O3S2. The summed E-state index contributed by atoms with van der Waals surface area (Å²) in [4.78, 5) is 25.8. The Morgan fingerprint density at radius 3 is 2.93 bits per heavy atom. The molecule has 0 aliphatic heterocycles. The number of carbonyl (C=O) groups excluding carboxylic acids is 1. The van der Waals surface area contributed by atoms with E-state index in [0.717, 1.165) is 4.34 Å². The number of aromatic nitrogens is 1. The van der Waals surface area contributed by atoms with Gasteiger partial charge in [0.25, 0.3) is 5.91 Å². The molecule has 0 radical (unpaired) electrons. The standard InChI is InChI=1S/C7H8N2O3S2/c1-13-7-9-2-4(14-7)6(12)8-3-5(10)11/h2H,3H2,1H3,(H,8,12)(H,10,11). The number of aliphatic carboxylic acids is 1. The zero-order valence-electron chi connectivity index (χ0n) is 7.31. The van der Waals surface area contributed by atoms with Crippen LogP contribution in [0.3, 0.4) is 0 Å². The second-order valence-electron chi connectivity index (χ2n) is 2.27. The van der Waals surface area contributed by atoms with E-state index in [1.165, 1.54) is 29.3 Å². The molecule has 0 spiro atoms. The summed E-state index contributed by atoms with van der Waals surface area (Å²) in [6, 6.07) is 0. The molecule has 0 aliphatic rings. The first kappa shape index (κ1) is 11.0. The van der Waals surface area contributed by atoms with Crippen LogP contribution in [0.1, 0.15) is 9.67 Å². The van der Waals surface area contributed by atoms with Gasteiger partial charge >= 0.3 is 5.97 Å². The summed E-state index contributed by atoms with van der Waals surface area (Å²) in [6.45, 7) is -0.370. The molecule has 0 atom stereocenters. The molecule has 5 nitrogen and oxygen atoms in total. The lowest BCUT2D eigenvalue weighted by Gasteiger charge is -1.97. The third kappa shape index (κ3) is 3.00. The van der Waals surface area contributed by atoms with Crippen LogP contribution in [-0.4, -0.2) is 34.8 Å². The normalized spacial score (nSPS) is 9.79. The number of hydrogen-bond donors (Lipinski definition) is 2. The number of thiazole rings is 1. The maximum atomic E-state index is 11.3. The lowest BCUT2D eigenvalue weighted by Crippen LogP contribution is -2.28. The predicted molar refractivity (Wildman–Crippen MR) is 53.9 cm³/mol. The molecular weight excluding hydrogens is 224 g/mol. The third-order valence-electron chi connectivity index (χ3n) is 1.28. The van der Waals surface area contributed by atoms with Crippen LogP contribution in [0.15, 0.2) is 10.5 Å². The molecule has 0 bridgehead atoms. The van der Waals surface area contributed by atoms with Crippen molar-refractivity contribution in [3.05, 3.63) is 11.1 Å². The molecule has 14 heavy (non-hydrogen) atoms. The van der Waals surface area contributed by atoms with Gasteiger partial charge in [-0.2, -0.15) is 0 Å². The number of carbonyl (C=O) groups is 2. The van der Waals surface area contributed by atoms with Crippen molar-refractivity contribution in [3.8, 4) is 0 Å². The zero-order chi connectivity index (χ0) is 10.6. The second-order valence-corrected chi connectivity index (χ2v) is 4.35. The Morgan fingerprint density at radius 1 is 1.71 bits per heavy atom. The first-order chi connectivity index (χ1) is 6.63. The summed E-state index contributed by atoms with van der Waals surface area (Å²) in [7, 11) is 0. The maximum absolute atomic E-state index is 11.3. The molecule has 0 saturated heterocycles. The average molecular weight is 232 g/mol. The highest BCUT2D eigenvalue weighted by Crippen LogP contribution is 2.21. The fourth-order valence-corrected chi connectivity index (χ4v) is 2.03. The van der Waals surface area contributed by atoms with E-state index in [4.69, 9.17) is 5.11 Å². The Balaban J connectivity index is 2.56. The number of thioether (sulfide) groups is 1. The second kappa shape index (κ2) is 4.97. The van der Waals surface area contributed by atoms with Crippen molar-refractivity contribution < 1.29 is 14.7 Å². The van der Waals surface area contributed by atoms with Crippen molar-refractivity contribution in [2.24, 2.45) is 0 Å². The van der Waals surface area contributed by atoms with Gasteiger partial charge in [-0.25, -0.2) is 4.98 Å². The SMILES string of the molecule is CSc1ncc(C(=O)NCC(=O)O)s1. The van der Waals surface area contributed by atoms with Gasteiger partial charge in [-0.05, 0) is 6.26 Å². The quantitative estimate of drug-likeness (QED) is 0.746. The maximum Gasteiger partial charge on any atom is 0.322 e. The average Bonchev–Trinajstić information content (AvgIpc) is 2.62. The summed E-state index contributed by atoms with van der Waals surface area (Å²) in [6.07, 6.45) is 3.30. The van der Waals surface area contributed by atoms with Crippen LogP contribution in [0.25, 0.3) is 0 Å². The van der Waals surface area contributed by atoms with Crippen molar-refractivity contribution in [1.82, 2.24) is 10.3 Å².